The van der Waals surface area contributed by atoms with E-state index in [9.17, 15) is 19.5 Å². The van der Waals surface area contributed by atoms with E-state index in [1.165, 1.54) is 38.5 Å². The number of likely N-dealkylation sites (N-methyl/N-ethyl adjacent to an activating group) is 1. The molecule has 0 N–H and O–H groups in total. The number of esters is 2. The van der Waals surface area contributed by atoms with E-state index in [2.05, 4.69) is 135 Å². The van der Waals surface area contributed by atoms with Gasteiger partial charge in [0.05, 0.1) is 40.3 Å². The molecule has 70 heavy (non-hydrogen) atoms. The number of carbonyl (C=O) groups is 3. The number of allylic oxidation sites excluding steroid dienone is 20. The molecule has 0 amide bonds. The van der Waals surface area contributed by atoms with Gasteiger partial charge >= 0.3 is 11.9 Å². The van der Waals surface area contributed by atoms with E-state index in [1.54, 1.807) is 21.1 Å². The summed E-state index contributed by atoms with van der Waals surface area (Å²) in [5, 5.41) is 11.7. The highest BCUT2D eigenvalue weighted by atomic mass is 16.6. The van der Waals surface area contributed by atoms with Crippen LogP contribution in [0.15, 0.2) is 122 Å². The summed E-state index contributed by atoms with van der Waals surface area (Å²) in [5.74, 6) is -1.77. The molecule has 0 aromatic rings. The molecule has 8 nitrogen and oxygen atoms in total. The Kier molecular flexibility index (Phi) is 48.0. The summed E-state index contributed by atoms with van der Waals surface area (Å²) in [6, 6.07) is -0.739. The summed E-state index contributed by atoms with van der Waals surface area (Å²) in [5.41, 5.74) is 0. The summed E-state index contributed by atoms with van der Waals surface area (Å²) >= 11 is 0. The lowest BCUT2D eigenvalue weighted by Gasteiger charge is -2.34. The van der Waals surface area contributed by atoms with Crippen molar-refractivity contribution in [2.75, 3.05) is 41.0 Å². The lowest BCUT2D eigenvalue weighted by molar-refractivity contribution is -0.889. The van der Waals surface area contributed by atoms with Crippen molar-refractivity contribution < 1.29 is 38.2 Å². The molecule has 0 radical (unpaired) electrons. The van der Waals surface area contributed by atoms with Gasteiger partial charge in [0.2, 0.25) is 0 Å². The van der Waals surface area contributed by atoms with E-state index in [-0.39, 0.29) is 42.7 Å². The summed E-state index contributed by atoms with van der Waals surface area (Å²) in [6.45, 7) is 4.41. The largest absolute Gasteiger partial charge is 0.544 e. The van der Waals surface area contributed by atoms with E-state index >= 15 is 0 Å². The summed E-state index contributed by atoms with van der Waals surface area (Å²) < 4.78 is 17.3. The standard InChI is InChI=1S/C62H101NO7/c1-6-8-10-12-14-16-18-20-22-24-26-28-30-32-34-36-38-40-42-44-46-48-50-52-60(64)69-57-58(56-68-55-54-59(62(66)67)63(3,4)5)70-61(65)53-51-49-47-45-43-41-39-37-35-33-31-29-27-25-23-21-19-17-15-13-11-9-7-2/h8-11,14-17,20-23,26-29,32-35,58-59H,6-7,12-13,18-19,24-25,30-31,36-57H2,1-5H3/b10-8+,11-9+,16-14+,17-15+,22-20+,23-21+,28-26+,29-27+,34-32+,35-33+. The van der Waals surface area contributed by atoms with Gasteiger partial charge in [-0.2, -0.15) is 0 Å². The topological polar surface area (TPSA) is 102 Å². The maximum absolute atomic E-state index is 12.8. The lowest BCUT2D eigenvalue weighted by atomic mass is 10.1. The Balaban J connectivity index is 4.28. The Bertz CT molecular complexity index is 1550. The van der Waals surface area contributed by atoms with Gasteiger partial charge < -0.3 is 28.6 Å². The zero-order chi connectivity index (χ0) is 51.3. The van der Waals surface area contributed by atoms with Crippen LogP contribution in [-0.2, 0) is 28.6 Å². The number of carbonyl (C=O) groups excluding carboxylic acids is 3. The molecule has 0 aliphatic heterocycles. The van der Waals surface area contributed by atoms with Crippen molar-refractivity contribution in [2.45, 2.75) is 212 Å². The van der Waals surface area contributed by atoms with Crippen molar-refractivity contribution in [3.63, 3.8) is 0 Å². The highest BCUT2D eigenvalue weighted by Crippen LogP contribution is 2.14. The van der Waals surface area contributed by atoms with Crippen LogP contribution >= 0.6 is 0 Å². The number of quaternary nitrogens is 1. The van der Waals surface area contributed by atoms with E-state index in [0.29, 0.717) is 12.8 Å². The van der Waals surface area contributed by atoms with Crippen molar-refractivity contribution >= 4 is 17.9 Å². The van der Waals surface area contributed by atoms with Crippen LogP contribution in [0.3, 0.4) is 0 Å². The number of hydrogen-bond acceptors (Lipinski definition) is 7. The first-order valence-corrected chi connectivity index (χ1v) is 27.6. The van der Waals surface area contributed by atoms with Crippen LogP contribution in [0, 0.1) is 0 Å². The summed E-state index contributed by atoms with van der Waals surface area (Å²) in [4.78, 5) is 37.2. The smallest absolute Gasteiger partial charge is 0.306 e. The number of rotatable bonds is 48. The molecule has 0 aromatic carbocycles. The number of aliphatic carboxylic acids is 1. The molecule has 8 heteroatoms. The summed E-state index contributed by atoms with van der Waals surface area (Å²) in [7, 11) is 5.40. The molecule has 0 heterocycles. The Morgan fingerprint density at radius 1 is 0.429 bits per heavy atom. The molecule has 0 saturated carbocycles. The Hall–Kier alpha value is -4.27. The second-order valence-electron chi connectivity index (χ2n) is 19.1. The molecule has 396 valence electrons. The molecule has 0 rings (SSSR count). The van der Waals surface area contributed by atoms with Gasteiger partial charge in [-0.1, -0.05) is 200 Å². The van der Waals surface area contributed by atoms with Crippen LogP contribution in [-0.4, -0.2) is 75.5 Å². The van der Waals surface area contributed by atoms with Crippen molar-refractivity contribution in [3.05, 3.63) is 122 Å². The molecule has 0 aliphatic rings. The van der Waals surface area contributed by atoms with Gasteiger partial charge in [-0.25, -0.2) is 0 Å². The van der Waals surface area contributed by atoms with E-state index in [0.717, 1.165) is 128 Å². The molecular weight excluding hydrogens is 871 g/mol. The monoisotopic (exact) mass is 972 g/mol. The molecule has 0 spiro atoms. The fourth-order valence-electron chi connectivity index (χ4n) is 7.42. The first kappa shape index (κ1) is 65.7. The van der Waals surface area contributed by atoms with Gasteiger partial charge in [0.15, 0.2) is 6.10 Å². The lowest BCUT2D eigenvalue weighted by Crippen LogP contribution is -2.55. The number of carboxylic acids is 1. The van der Waals surface area contributed by atoms with Crippen molar-refractivity contribution in [1.29, 1.82) is 0 Å². The highest BCUT2D eigenvalue weighted by molar-refractivity contribution is 5.70. The Morgan fingerprint density at radius 3 is 1.11 bits per heavy atom. The minimum Gasteiger partial charge on any atom is -0.544 e. The van der Waals surface area contributed by atoms with Crippen molar-refractivity contribution in [1.82, 2.24) is 0 Å². The average molecular weight is 972 g/mol. The Morgan fingerprint density at radius 2 is 0.757 bits per heavy atom. The minimum absolute atomic E-state index is 0.0244. The maximum atomic E-state index is 12.8. The second-order valence-corrected chi connectivity index (χ2v) is 19.1. The molecule has 0 aliphatic carbocycles. The Labute approximate surface area is 429 Å². The van der Waals surface area contributed by atoms with Gasteiger partial charge in [0.1, 0.15) is 12.6 Å². The predicted molar refractivity (Wildman–Crippen MR) is 295 cm³/mol. The normalized spacial score (nSPS) is 13.8. The molecule has 0 saturated heterocycles. The van der Waals surface area contributed by atoms with Crippen LogP contribution in [0.2, 0.25) is 0 Å². The molecular formula is C62H101NO7. The average Bonchev–Trinajstić information content (AvgIpc) is 3.33. The molecule has 2 unspecified atom stereocenters. The van der Waals surface area contributed by atoms with Crippen LogP contribution in [0.5, 0.6) is 0 Å². The zero-order valence-corrected chi connectivity index (χ0v) is 45.1. The predicted octanol–water partition coefficient (Wildman–Crippen LogP) is 15.2. The minimum atomic E-state index is -1.13. The first-order valence-electron chi connectivity index (χ1n) is 27.6. The number of ether oxygens (including phenoxy) is 3. The third-order valence-electron chi connectivity index (χ3n) is 11.6. The third-order valence-corrected chi connectivity index (χ3v) is 11.6. The highest BCUT2D eigenvalue weighted by Gasteiger charge is 2.25. The number of hydrogen-bond donors (Lipinski definition) is 0. The van der Waals surface area contributed by atoms with Crippen LogP contribution in [0.1, 0.15) is 200 Å². The second kappa shape index (κ2) is 51.1. The van der Waals surface area contributed by atoms with Crippen LogP contribution in [0.4, 0.5) is 0 Å². The number of nitrogens with zero attached hydrogens (tertiary/aromatic N) is 1. The molecule has 0 fully saturated rings. The quantitative estimate of drug-likeness (QED) is 0.0259. The number of unbranched alkanes of at least 4 members (excludes halogenated alkanes) is 14. The van der Waals surface area contributed by atoms with Gasteiger partial charge in [0.25, 0.3) is 0 Å². The van der Waals surface area contributed by atoms with Crippen molar-refractivity contribution in [2.24, 2.45) is 0 Å². The third kappa shape index (κ3) is 48.7. The van der Waals surface area contributed by atoms with Gasteiger partial charge in [0, 0.05) is 19.3 Å². The first-order chi connectivity index (χ1) is 34.1. The number of carboxylic acid groups (broad SMARTS) is 1. The fraction of sp³-hybridized carbons (Fsp3) is 0.629. The van der Waals surface area contributed by atoms with E-state index < -0.39 is 18.1 Å². The fourth-order valence-corrected chi connectivity index (χ4v) is 7.42. The maximum Gasteiger partial charge on any atom is 0.306 e. The van der Waals surface area contributed by atoms with Crippen molar-refractivity contribution in [3.8, 4) is 0 Å². The van der Waals surface area contributed by atoms with Gasteiger partial charge in [-0.15, -0.1) is 0 Å². The van der Waals surface area contributed by atoms with Gasteiger partial charge in [-0.05, 0) is 103 Å². The van der Waals surface area contributed by atoms with Gasteiger partial charge in [-0.3, -0.25) is 9.59 Å². The summed E-state index contributed by atoms with van der Waals surface area (Å²) in [6.07, 6.45) is 72.3. The SMILES string of the molecule is CC/C=C/C/C=C/C/C=C/C/C=C/C/C=C/CCCCCCCCCC(=O)OCC(COCCC(C(=O)[O-])[N+](C)(C)C)OC(=O)CCCCCCCCC/C=C/C/C=C/C/C=C/C/C=C/C/C=C/CC. The molecule has 0 bridgehead atoms. The van der Waals surface area contributed by atoms with E-state index in [1.807, 2.05) is 0 Å². The zero-order valence-electron chi connectivity index (χ0n) is 45.1. The molecule has 0 aromatic heterocycles. The van der Waals surface area contributed by atoms with Crippen LogP contribution < -0.4 is 5.11 Å². The van der Waals surface area contributed by atoms with Crippen LogP contribution in [0.25, 0.3) is 0 Å². The molecule has 2 atom stereocenters. The van der Waals surface area contributed by atoms with E-state index in [4.69, 9.17) is 14.2 Å².